The van der Waals surface area contributed by atoms with Crippen molar-refractivity contribution in [3.63, 3.8) is 0 Å². The molecule has 1 aromatic rings. The lowest BCUT2D eigenvalue weighted by atomic mass is 9.98. The summed E-state index contributed by atoms with van der Waals surface area (Å²) >= 11 is 0. The highest BCUT2D eigenvalue weighted by molar-refractivity contribution is 5.98. The van der Waals surface area contributed by atoms with Crippen molar-refractivity contribution in [2.45, 2.75) is 38.8 Å². The van der Waals surface area contributed by atoms with E-state index in [1.165, 1.54) is 6.07 Å². The molecule has 0 radical (unpaired) electrons. The highest BCUT2D eigenvalue weighted by atomic mass is 19.1. The monoisotopic (exact) mass is 305 g/mol. The first-order chi connectivity index (χ1) is 10.5. The fraction of sp³-hybridized carbons (Fsp3) is 0.500. The molecule has 3 rings (SSSR count). The molecule has 0 saturated carbocycles. The van der Waals surface area contributed by atoms with E-state index in [0.717, 1.165) is 5.56 Å². The van der Waals surface area contributed by atoms with E-state index in [4.69, 9.17) is 0 Å². The molecule has 1 aromatic carbocycles. The highest BCUT2D eigenvalue weighted by Crippen LogP contribution is 2.27. The van der Waals surface area contributed by atoms with Gasteiger partial charge in [0.15, 0.2) is 0 Å². The number of carbonyl (C=O) groups excluding carboxylic acids is 2. The van der Waals surface area contributed by atoms with Crippen LogP contribution in [0.1, 0.15) is 36.2 Å². The van der Waals surface area contributed by atoms with E-state index < -0.39 is 5.82 Å². The molecule has 2 aliphatic heterocycles. The van der Waals surface area contributed by atoms with Crippen LogP contribution >= 0.6 is 0 Å². The van der Waals surface area contributed by atoms with E-state index in [9.17, 15) is 14.0 Å². The highest BCUT2D eigenvalue weighted by Gasteiger charge is 2.31. The van der Waals surface area contributed by atoms with Gasteiger partial charge < -0.3 is 15.5 Å². The van der Waals surface area contributed by atoms with Crippen LogP contribution in [0.5, 0.6) is 0 Å². The summed E-state index contributed by atoms with van der Waals surface area (Å²) < 4.78 is 14.3. The second kappa shape index (κ2) is 5.68. The summed E-state index contributed by atoms with van der Waals surface area (Å²) in [7, 11) is 0. The average molecular weight is 305 g/mol. The second-order valence-corrected chi connectivity index (χ2v) is 6.02. The van der Waals surface area contributed by atoms with Gasteiger partial charge in [0.25, 0.3) is 5.91 Å². The number of halogens is 1. The number of hydrogen-bond acceptors (Lipinski definition) is 3. The van der Waals surface area contributed by atoms with Gasteiger partial charge in [-0.3, -0.25) is 9.59 Å². The van der Waals surface area contributed by atoms with Crippen LogP contribution in [0.2, 0.25) is 0 Å². The molecule has 2 aliphatic rings. The number of amides is 2. The molecule has 0 aromatic heterocycles. The predicted octanol–water partition coefficient (Wildman–Crippen LogP) is 1.53. The fourth-order valence-electron chi connectivity index (χ4n) is 3.06. The van der Waals surface area contributed by atoms with Crippen LogP contribution in [0.4, 0.5) is 10.1 Å². The number of piperazine rings is 1. The van der Waals surface area contributed by atoms with Crippen molar-refractivity contribution in [1.82, 2.24) is 10.2 Å². The van der Waals surface area contributed by atoms with Crippen LogP contribution in [-0.4, -0.2) is 41.9 Å². The summed E-state index contributed by atoms with van der Waals surface area (Å²) in [6.07, 6.45) is 0.905. The van der Waals surface area contributed by atoms with Crippen LogP contribution in [0, 0.1) is 5.82 Å². The van der Waals surface area contributed by atoms with Crippen LogP contribution in [0.3, 0.4) is 0 Å². The summed E-state index contributed by atoms with van der Waals surface area (Å²) in [5.41, 5.74) is 1.39. The molecule has 22 heavy (non-hydrogen) atoms. The number of benzene rings is 1. The maximum atomic E-state index is 14.3. The Morgan fingerprint density at radius 3 is 2.86 bits per heavy atom. The van der Waals surface area contributed by atoms with E-state index >= 15 is 0 Å². The van der Waals surface area contributed by atoms with Crippen LogP contribution in [-0.2, 0) is 11.2 Å². The third-order valence-electron chi connectivity index (χ3n) is 4.61. The van der Waals surface area contributed by atoms with Gasteiger partial charge in [-0.2, -0.15) is 0 Å². The average Bonchev–Trinajstić information content (AvgIpc) is 2.48. The van der Waals surface area contributed by atoms with Crippen LogP contribution in [0.25, 0.3) is 0 Å². The van der Waals surface area contributed by atoms with Gasteiger partial charge in [-0.25, -0.2) is 4.39 Å². The molecule has 0 aliphatic carbocycles. The van der Waals surface area contributed by atoms with Gasteiger partial charge >= 0.3 is 0 Å². The first-order valence-electron chi connectivity index (χ1n) is 7.64. The lowest BCUT2D eigenvalue weighted by Crippen LogP contribution is -2.57. The van der Waals surface area contributed by atoms with E-state index in [-0.39, 0.29) is 29.5 Å². The molecular formula is C16H20FN3O2. The molecule has 6 heteroatoms. The van der Waals surface area contributed by atoms with E-state index in [1.54, 1.807) is 11.0 Å². The van der Waals surface area contributed by atoms with Crippen LogP contribution < -0.4 is 10.6 Å². The normalized spacial score (nSPS) is 24.7. The summed E-state index contributed by atoms with van der Waals surface area (Å²) in [4.78, 5) is 25.8. The summed E-state index contributed by atoms with van der Waals surface area (Å²) in [6, 6.07) is 3.04. The van der Waals surface area contributed by atoms with Gasteiger partial charge in [0.05, 0.1) is 5.56 Å². The number of fused-ring (bicyclic) bond motifs is 1. The molecule has 5 nitrogen and oxygen atoms in total. The smallest absolute Gasteiger partial charge is 0.257 e. The topological polar surface area (TPSA) is 61.4 Å². The number of anilines is 1. The number of carbonyl (C=O) groups is 2. The van der Waals surface area contributed by atoms with Crippen molar-refractivity contribution in [3.8, 4) is 0 Å². The zero-order valence-electron chi connectivity index (χ0n) is 12.8. The Bertz CT molecular complexity index is 632. The van der Waals surface area contributed by atoms with Gasteiger partial charge in [-0.15, -0.1) is 0 Å². The quantitative estimate of drug-likeness (QED) is 0.827. The SMILES string of the molecule is CC1NCCN(C(=O)c2cc3c(cc2F)NC(=O)CC3)C1C. The Labute approximate surface area is 128 Å². The van der Waals surface area contributed by atoms with Crippen molar-refractivity contribution in [1.29, 1.82) is 0 Å². The number of rotatable bonds is 1. The summed E-state index contributed by atoms with van der Waals surface area (Å²) in [6.45, 7) is 5.26. The second-order valence-electron chi connectivity index (χ2n) is 6.02. The van der Waals surface area contributed by atoms with E-state index in [0.29, 0.717) is 31.6 Å². The Morgan fingerprint density at radius 2 is 2.09 bits per heavy atom. The maximum absolute atomic E-state index is 14.3. The molecule has 1 saturated heterocycles. The number of aryl methyl sites for hydroxylation is 1. The minimum Gasteiger partial charge on any atom is -0.333 e. The van der Waals surface area contributed by atoms with Gasteiger partial charge in [0, 0.05) is 37.3 Å². The molecular weight excluding hydrogens is 285 g/mol. The molecule has 2 unspecified atom stereocenters. The molecule has 1 fully saturated rings. The Balaban J connectivity index is 1.91. The summed E-state index contributed by atoms with van der Waals surface area (Å²) in [5.74, 6) is -0.974. The third kappa shape index (κ3) is 2.59. The van der Waals surface area contributed by atoms with Crippen molar-refractivity contribution < 1.29 is 14.0 Å². The van der Waals surface area contributed by atoms with E-state index in [1.807, 2.05) is 13.8 Å². The minimum atomic E-state index is -0.579. The lowest BCUT2D eigenvalue weighted by Gasteiger charge is -2.38. The lowest BCUT2D eigenvalue weighted by molar-refractivity contribution is -0.116. The first kappa shape index (κ1) is 15.0. The zero-order valence-corrected chi connectivity index (χ0v) is 12.8. The number of nitrogens with zero attached hydrogens (tertiary/aromatic N) is 1. The predicted molar refractivity (Wildman–Crippen MR) is 81.3 cm³/mol. The molecule has 2 N–H and O–H groups in total. The molecule has 0 spiro atoms. The molecule has 0 bridgehead atoms. The molecule has 2 heterocycles. The van der Waals surface area contributed by atoms with Gasteiger partial charge in [-0.1, -0.05) is 0 Å². The van der Waals surface area contributed by atoms with Crippen molar-refractivity contribution in [2.75, 3.05) is 18.4 Å². The van der Waals surface area contributed by atoms with Crippen molar-refractivity contribution in [2.24, 2.45) is 0 Å². The largest absolute Gasteiger partial charge is 0.333 e. The molecule has 118 valence electrons. The third-order valence-corrected chi connectivity index (χ3v) is 4.61. The minimum absolute atomic E-state index is 0.0105. The van der Waals surface area contributed by atoms with Crippen LogP contribution in [0.15, 0.2) is 12.1 Å². The van der Waals surface area contributed by atoms with Gasteiger partial charge in [0.1, 0.15) is 5.82 Å². The molecule has 2 amide bonds. The van der Waals surface area contributed by atoms with Gasteiger partial charge in [-0.05, 0) is 38.0 Å². The Kier molecular flexibility index (Phi) is 3.87. The first-order valence-corrected chi connectivity index (χ1v) is 7.64. The summed E-state index contributed by atoms with van der Waals surface area (Å²) in [5, 5.41) is 5.95. The van der Waals surface area contributed by atoms with E-state index in [2.05, 4.69) is 10.6 Å². The number of nitrogens with one attached hydrogen (secondary N) is 2. The zero-order chi connectivity index (χ0) is 15.9. The fourth-order valence-corrected chi connectivity index (χ4v) is 3.06. The van der Waals surface area contributed by atoms with Crippen molar-refractivity contribution in [3.05, 3.63) is 29.1 Å². The maximum Gasteiger partial charge on any atom is 0.257 e. The van der Waals surface area contributed by atoms with Crippen molar-refractivity contribution >= 4 is 17.5 Å². The molecule has 2 atom stereocenters. The standard InChI is InChI=1S/C16H20FN3O2/c1-9-10(2)20(6-5-18-9)16(22)12-7-11-3-4-15(21)19-14(11)8-13(12)17/h7-10,18H,3-6H2,1-2H3,(H,19,21). The Hall–Kier alpha value is -1.95. The number of hydrogen-bond donors (Lipinski definition) is 2. The Morgan fingerprint density at radius 1 is 1.32 bits per heavy atom. The van der Waals surface area contributed by atoms with Gasteiger partial charge in [0.2, 0.25) is 5.91 Å².